The molecular formula is C15H17Cl3N2O. The summed E-state index contributed by atoms with van der Waals surface area (Å²) in [6.45, 7) is 4.59. The van der Waals surface area contributed by atoms with Crippen molar-refractivity contribution < 1.29 is 4.74 Å². The zero-order chi connectivity index (χ0) is 15.4. The number of hydrogen-bond acceptors (Lipinski definition) is 2. The van der Waals surface area contributed by atoms with Crippen LogP contribution in [0.1, 0.15) is 37.6 Å². The van der Waals surface area contributed by atoms with Crippen LogP contribution < -0.4 is 4.74 Å². The number of alkyl halides is 1. The molecule has 0 saturated carbocycles. The Labute approximate surface area is 139 Å². The molecule has 1 unspecified atom stereocenters. The van der Waals surface area contributed by atoms with E-state index in [1.807, 2.05) is 16.9 Å². The highest BCUT2D eigenvalue weighted by Gasteiger charge is 2.12. The Kier molecular flexibility index (Phi) is 5.80. The molecule has 21 heavy (non-hydrogen) atoms. The summed E-state index contributed by atoms with van der Waals surface area (Å²) in [5.74, 6) is 0.853. The molecule has 0 N–H and O–H groups in total. The summed E-state index contributed by atoms with van der Waals surface area (Å²) in [5, 5.41) is 5.49. The van der Waals surface area contributed by atoms with Gasteiger partial charge in [0, 0.05) is 22.8 Å². The molecule has 0 bridgehead atoms. The average molecular weight is 348 g/mol. The van der Waals surface area contributed by atoms with E-state index in [1.54, 1.807) is 12.1 Å². The summed E-state index contributed by atoms with van der Waals surface area (Å²) < 4.78 is 7.71. The van der Waals surface area contributed by atoms with Gasteiger partial charge in [-0.25, -0.2) is 0 Å². The Morgan fingerprint density at radius 2 is 2.10 bits per heavy atom. The summed E-state index contributed by atoms with van der Waals surface area (Å²) in [4.78, 5) is 0. The van der Waals surface area contributed by atoms with Gasteiger partial charge in [-0.15, -0.1) is 11.6 Å². The van der Waals surface area contributed by atoms with Crippen LogP contribution in [0.3, 0.4) is 0 Å². The molecule has 0 fully saturated rings. The Balaban J connectivity index is 2.11. The van der Waals surface area contributed by atoms with Crippen LogP contribution in [0.15, 0.2) is 24.4 Å². The smallest absolute Gasteiger partial charge is 0.142 e. The van der Waals surface area contributed by atoms with Crippen molar-refractivity contribution >= 4 is 34.8 Å². The normalized spacial score (nSPS) is 12.4. The van der Waals surface area contributed by atoms with E-state index in [0.717, 1.165) is 17.7 Å². The molecular weight excluding hydrogens is 331 g/mol. The molecule has 0 spiro atoms. The fourth-order valence-corrected chi connectivity index (χ4v) is 2.70. The van der Waals surface area contributed by atoms with Gasteiger partial charge in [-0.1, -0.05) is 30.1 Å². The van der Waals surface area contributed by atoms with Gasteiger partial charge in [-0.05, 0) is 31.5 Å². The van der Waals surface area contributed by atoms with Crippen LogP contribution in [-0.4, -0.2) is 9.78 Å². The molecule has 0 saturated heterocycles. The molecule has 1 aromatic carbocycles. The number of halogens is 3. The topological polar surface area (TPSA) is 27.1 Å². The Morgan fingerprint density at radius 1 is 1.33 bits per heavy atom. The number of ether oxygens (including phenoxy) is 1. The summed E-state index contributed by atoms with van der Waals surface area (Å²) in [6.07, 6.45) is 2.99. The molecule has 0 radical (unpaired) electrons. The Bertz CT molecular complexity index is 613. The molecule has 2 aromatic rings. The Morgan fingerprint density at radius 3 is 2.76 bits per heavy atom. The van der Waals surface area contributed by atoms with E-state index in [0.29, 0.717) is 28.4 Å². The largest absolute Gasteiger partial charge is 0.485 e. The molecule has 1 heterocycles. The summed E-state index contributed by atoms with van der Waals surface area (Å²) >= 11 is 18.0. The van der Waals surface area contributed by atoms with Gasteiger partial charge >= 0.3 is 0 Å². The third-order valence-electron chi connectivity index (χ3n) is 3.30. The molecule has 0 amide bonds. The lowest BCUT2D eigenvalue weighted by molar-refractivity contribution is 0.296. The fraction of sp³-hybridized carbons (Fsp3) is 0.400. The minimum absolute atomic E-state index is 0.289. The lowest BCUT2D eigenvalue weighted by Gasteiger charge is -2.12. The first-order valence-corrected chi connectivity index (χ1v) is 8.05. The third-order valence-corrected chi connectivity index (χ3v) is 4.09. The first-order chi connectivity index (χ1) is 10.0. The summed E-state index contributed by atoms with van der Waals surface area (Å²) in [5.41, 5.74) is 1.62. The molecule has 3 nitrogen and oxygen atoms in total. The SMILES string of the molecule is CCC(C)n1ccc(COc2c(Cl)cc(Cl)cc2CCl)n1. The van der Waals surface area contributed by atoms with Crippen LogP contribution in [0, 0.1) is 0 Å². The molecule has 0 aliphatic carbocycles. The first-order valence-electron chi connectivity index (χ1n) is 6.75. The molecule has 6 heteroatoms. The van der Waals surface area contributed by atoms with Crippen molar-refractivity contribution in [2.45, 2.75) is 38.8 Å². The first kappa shape index (κ1) is 16.5. The second-order valence-corrected chi connectivity index (χ2v) is 5.95. The predicted molar refractivity (Wildman–Crippen MR) is 87.6 cm³/mol. The molecule has 2 rings (SSSR count). The number of benzene rings is 1. The third kappa shape index (κ3) is 4.06. The number of aromatic nitrogens is 2. The van der Waals surface area contributed by atoms with E-state index in [2.05, 4.69) is 18.9 Å². The summed E-state index contributed by atoms with van der Waals surface area (Å²) in [7, 11) is 0. The van der Waals surface area contributed by atoms with Crippen molar-refractivity contribution in [2.24, 2.45) is 0 Å². The van der Waals surface area contributed by atoms with Gasteiger partial charge < -0.3 is 4.74 Å². The maximum Gasteiger partial charge on any atom is 0.142 e. The molecule has 1 atom stereocenters. The van der Waals surface area contributed by atoms with Crippen LogP contribution in [0.25, 0.3) is 0 Å². The monoisotopic (exact) mass is 346 g/mol. The van der Waals surface area contributed by atoms with Gasteiger partial charge in [-0.3, -0.25) is 4.68 Å². The number of hydrogen-bond donors (Lipinski definition) is 0. The van der Waals surface area contributed by atoms with Crippen molar-refractivity contribution in [3.63, 3.8) is 0 Å². The standard InChI is InChI=1S/C15H17Cl3N2O/c1-3-10(2)20-5-4-13(19-20)9-21-15-11(8-16)6-12(17)7-14(15)18/h4-7,10H,3,8-9H2,1-2H3. The summed E-state index contributed by atoms with van der Waals surface area (Å²) in [6, 6.07) is 5.71. The van der Waals surface area contributed by atoms with Gasteiger partial charge in [0.2, 0.25) is 0 Å². The Hall–Kier alpha value is -0.900. The van der Waals surface area contributed by atoms with E-state index in [-0.39, 0.29) is 5.88 Å². The average Bonchev–Trinajstić information content (AvgIpc) is 2.93. The van der Waals surface area contributed by atoms with Crippen LogP contribution in [0.5, 0.6) is 5.75 Å². The molecule has 1 aromatic heterocycles. The fourth-order valence-electron chi connectivity index (χ4n) is 1.91. The minimum atomic E-state index is 0.289. The lowest BCUT2D eigenvalue weighted by atomic mass is 10.2. The molecule has 0 aliphatic rings. The van der Waals surface area contributed by atoms with Crippen LogP contribution >= 0.6 is 34.8 Å². The van der Waals surface area contributed by atoms with E-state index in [4.69, 9.17) is 39.5 Å². The van der Waals surface area contributed by atoms with E-state index < -0.39 is 0 Å². The van der Waals surface area contributed by atoms with Crippen molar-refractivity contribution in [3.05, 3.63) is 45.7 Å². The maximum absolute atomic E-state index is 6.16. The predicted octanol–water partition coefficient (Wildman–Crippen LogP) is 5.48. The highest BCUT2D eigenvalue weighted by molar-refractivity contribution is 6.36. The van der Waals surface area contributed by atoms with Gasteiger partial charge in [0.05, 0.1) is 16.6 Å². The second-order valence-electron chi connectivity index (χ2n) is 4.84. The number of nitrogens with zero attached hydrogens (tertiary/aromatic N) is 2. The lowest BCUT2D eigenvalue weighted by Crippen LogP contribution is -2.06. The molecule has 0 aliphatic heterocycles. The zero-order valence-corrected chi connectivity index (χ0v) is 14.2. The van der Waals surface area contributed by atoms with Gasteiger partial charge in [0.1, 0.15) is 12.4 Å². The van der Waals surface area contributed by atoms with E-state index in [1.165, 1.54) is 0 Å². The second kappa shape index (κ2) is 7.39. The van der Waals surface area contributed by atoms with Crippen LogP contribution in [0.4, 0.5) is 0 Å². The van der Waals surface area contributed by atoms with Crippen molar-refractivity contribution in [1.29, 1.82) is 0 Å². The molecule has 114 valence electrons. The van der Waals surface area contributed by atoms with Crippen LogP contribution in [-0.2, 0) is 12.5 Å². The van der Waals surface area contributed by atoms with Crippen molar-refractivity contribution in [1.82, 2.24) is 9.78 Å². The highest BCUT2D eigenvalue weighted by atomic mass is 35.5. The van der Waals surface area contributed by atoms with E-state index >= 15 is 0 Å². The van der Waals surface area contributed by atoms with Crippen molar-refractivity contribution in [3.8, 4) is 5.75 Å². The highest BCUT2D eigenvalue weighted by Crippen LogP contribution is 2.33. The zero-order valence-electron chi connectivity index (χ0n) is 11.9. The minimum Gasteiger partial charge on any atom is -0.485 e. The quantitative estimate of drug-likeness (QED) is 0.647. The maximum atomic E-state index is 6.16. The number of rotatable bonds is 6. The van der Waals surface area contributed by atoms with Crippen molar-refractivity contribution in [2.75, 3.05) is 0 Å². The van der Waals surface area contributed by atoms with Gasteiger partial charge in [0.15, 0.2) is 0 Å². The van der Waals surface area contributed by atoms with E-state index in [9.17, 15) is 0 Å². The van der Waals surface area contributed by atoms with Gasteiger partial charge in [-0.2, -0.15) is 5.10 Å². The van der Waals surface area contributed by atoms with Gasteiger partial charge in [0.25, 0.3) is 0 Å². The van der Waals surface area contributed by atoms with Crippen LogP contribution in [0.2, 0.25) is 10.0 Å².